The minimum atomic E-state index is 0.646. The van der Waals surface area contributed by atoms with Crippen molar-refractivity contribution >= 4 is 6.29 Å². The summed E-state index contributed by atoms with van der Waals surface area (Å²) in [4.78, 5) is 10.0. The van der Waals surface area contributed by atoms with Gasteiger partial charge in [-0.25, -0.2) is 0 Å². The molecule has 0 amide bonds. The zero-order valence-corrected chi connectivity index (χ0v) is 5.55. The fourth-order valence-electron chi connectivity index (χ4n) is 1.21. The molecular weight excluding hydrogens is 112 g/mol. The topological polar surface area (TPSA) is 17.1 Å². The molecule has 0 spiro atoms. The number of rotatable bonds is 2. The summed E-state index contributed by atoms with van der Waals surface area (Å²) in [5.74, 6) is 0.646. The van der Waals surface area contributed by atoms with Crippen molar-refractivity contribution < 1.29 is 4.79 Å². The Hall–Kier alpha value is -0.590. The molecule has 1 aliphatic rings. The predicted octanol–water partition coefficient (Wildman–Crippen LogP) is 1.93. The maximum Gasteiger partial charge on any atom is 0.120 e. The van der Waals surface area contributed by atoms with Gasteiger partial charge in [0.05, 0.1) is 0 Å². The smallest absolute Gasteiger partial charge is 0.120 e. The van der Waals surface area contributed by atoms with Crippen molar-refractivity contribution in [1.29, 1.82) is 0 Å². The van der Waals surface area contributed by atoms with E-state index in [-0.39, 0.29) is 0 Å². The average Bonchev–Trinajstić information content (AvgIpc) is 1.91. The van der Waals surface area contributed by atoms with E-state index in [1.807, 2.05) is 0 Å². The second-order valence-corrected chi connectivity index (χ2v) is 2.55. The molecule has 50 valence electrons. The molecule has 0 saturated heterocycles. The van der Waals surface area contributed by atoms with Crippen LogP contribution in [-0.4, -0.2) is 6.29 Å². The lowest BCUT2D eigenvalue weighted by Crippen LogP contribution is -2.02. The van der Waals surface area contributed by atoms with Crippen molar-refractivity contribution in [2.45, 2.75) is 25.7 Å². The van der Waals surface area contributed by atoms with Crippen molar-refractivity contribution in [3.8, 4) is 0 Å². The van der Waals surface area contributed by atoms with Gasteiger partial charge in [-0.15, -0.1) is 0 Å². The van der Waals surface area contributed by atoms with Gasteiger partial charge in [0.15, 0.2) is 0 Å². The minimum Gasteiger partial charge on any atom is -0.303 e. The predicted molar refractivity (Wildman–Crippen MR) is 37.2 cm³/mol. The van der Waals surface area contributed by atoms with E-state index in [4.69, 9.17) is 0 Å². The number of allylic oxidation sites excluding steroid dienone is 2. The van der Waals surface area contributed by atoms with Crippen LogP contribution in [0.1, 0.15) is 25.7 Å². The third kappa shape index (κ3) is 2.00. The summed E-state index contributed by atoms with van der Waals surface area (Å²) in [5.41, 5.74) is 0. The summed E-state index contributed by atoms with van der Waals surface area (Å²) in [5, 5.41) is 0. The van der Waals surface area contributed by atoms with E-state index in [2.05, 4.69) is 12.2 Å². The lowest BCUT2D eigenvalue weighted by atomic mass is 9.92. The zero-order valence-electron chi connectivity index (χ0n) is 5.55. The number of hydrogen-bond donors (Lipinski definition) is 0. The van der Waals surface area contributed by atoms with Crippen LogP contribution in [0.4, 0.5) is 0 Å². The van der Waals surface area contributed by atoms with Crippen LogP contribution in [-0.2, 0) is 4.79 Å². The summed E-state index contributed by atoms with van der Waals surface area (Å²) >= 11 is 0. The average molecular weight is 124 g/mol. The molecule has 9 heavy (non-hydrogen) atoms. The SMILES string of the molecule is O=CC[C@@H]1CC=CCC1. The lowest BCUT2D eigenvalue weighted by Gasteiger charge is -2.13. The highest BCUT2D eigenvalue weighted by Crippen LogP contribution is 2.19. The second-order valence-electron chi connectivity index (χ2n) is 2.55. The molecule has 1 atom stereocenters. The molecular formula is C8H12O. The first-order valence-electron chi connectivity index (χ1n) is 3.52. The minimum absolute atomic E-state index is 0.646. The van der Waals surface area contributed by atoms with Gasteiger partial charge in [0.2, 0.25) is 0 Å². The van der Waals surface area contributed by atoms with Gasteiger partial charge in [-0.1, -0.05) is 12.2 Å². The number of carbonyl (C=O) groups is 1. The summed E-state index contributed by atoms with van der Waals surface area (Å²) in [6, 6.07) is 0. The maximum absolute atomic E-state index is 10.0. The van der Waals surface area contributed by atoms with Gasteiger partial charge in [0, 0.05) is 6.42 Å². The van der Waals surface area contributed by atoms with Crippen molar-refractivity contribution in [2.24, 2.45) is 5.92 Å². The van der Waals surface area contributed by atoms with E-state index >= 15 is 0 Å². The van der Waals surface area contributed by atoms with Gasteiger partial charge in [0.25, 0.3) is 0 Å². The van der Waals surface area contributed by atoms with Crippen LogP contribution in [0.5, 0.6) is 0 Å². The van der Waals surface area contributed by atoms with Crippen LogP contribution >= 0.6 is 0 Å². The monoisotopic (exact) mass is 124 g/mol. The molecule has 0 radical (unpaired) electrons. The molecule has 0 unspecified atom stereocenters. The highest BCUT2D eigenvalue weighted by molar-refractivity contribution is 5.49. The summed E-state index contributed by atoms with van der Waals surface area (Å²) in [7, 11) is 0. The Balaban J connectivity index is 2.26. The largest absolute Gasteiger partial charge is 0.303 e. The van der Waals surface area contributed by atoms with E-state index in [1.165, 1.54) is 12.8 Å². The van der Waals surface area contributed by atoms with Crippen LogP contribution in [0, 0.1) is 5.92 Å². The van der Waals surface area contributed by atoms with Crippen molar-refractivity contribution in [3.05, 3.63) is 12.2 Å². The molecule has 0 aromatic heterocycles. The molecule has 0 fully saturated rings. The first-order valence-corrected chi connectivity index (χ1v) is 3.52. The molecule has 0 aromatic carbocycles. The van der Waals surface area contributed by atoms with E-state index in [9.17, 15) is 4.79 Å². The van der Waals surface area contributed by atoms with Gasteiger partial charge >= 0.3 is 0 Å². The zero-order chi connectivity index (χ0) is 6.53. The Morgan fingerprint density at radius 1 is 1.56 bits per heavy atom. The highest BCUT2D eigenvalue weighted by atomic mass is 16.1. The third-order valence-corrected chi connectivity index (χ3v) is 1.81. The number of hydrogen-bond acceptors (Lipinski definition) is 1. The summed E-state index contributed by atoms with van der Waals surface area (Å²) in [6.07, 6.45) is 9.64. The Morgan fingerprint density at radius 2 is 2.44 bits per heavy atom. The van der Waals surface area contributed by atoms with Gasteiger partial charge < -0.3 is 4.79 Å². The fraction of sp³-hybridized carbons (Fsp3) is 0.625. The molecule has 0 bridgehead atoms. The van der Waals surface area contributed by atoms with Crippen molar-refractivity contribution in [3.63, 3.8) is 0 Å². The Bertz CT molecular complexity index is 116. The van der Waals surface area contributed by atoms with Crippen LogP contribution in [0.2, 0.25) is 0 Å². The van der Waals surface area contributed by atoms with E-state index in [0.717, 1.165) is 19.1 Å². The molecule has 1 rings (SSSR count). The molecule has 0 heterocycles. The van der Waals surface area contributed by atoms with Crippen LogP contribution in [0.25, 0.3) is 0 Å². The van der Waals surface area contributed by atoms with Gasteiger partial charge in [-0.3, -0.25) is 0 Å². The molecule has 1 heteroatoms. The normalized spacial score (nSPS) is 26.0. The molecule has 0 N–H and O–H groups in total. The molecule has 0 aliphatic heterocycles. The second kappa shape index (κ2) is 3.44. The van der Waals surface area contributed by atoms with E-state index < -0.39 is 0 Å². The summed E-state index contributed by atoms with van der Waals surface area (Å²) < 4.78 is 0. The van der Waals surface area contributed by atoms with Gasteiger partial charge in [-0.05, 0) is 25.2 Å². The van der Waals surface area contributed by atoms with Crippen molar-refractivity contribution in [2.75, 3.05) is 0 Å². The standard InChI is InChI=1S/C8H12O/c9-7-6-8-4-2-1-3-5-8/h1-2,7-8H,3-6H2/t8-/m1/s1. The van der Waals surface area contributed by atoms with Gasteiger partial charge in [0.1, 0.15) is 6.29 Å². The van der Waals surface area contributed by atoms with Crippen LogP contribution in [0.15, 0.2) is 12.2 Å². The van der Waals surface area contributed by atoms with E-state index in [0.29, 0.717) is 5.92 Å². The highest BCUT2D eigenvalue weighted by Gasteiger charge is 2.07. The number of aldehydes is 1. The molecule has 1 aliphatic carbocycles. The lowest BCUT2D eigenvalue weighted by molar-refractivity contribution is -0.108. The number of carbonyl (C=O) groups excluding carboxylic acids is 1. The first kappa shape index (κ1) is 6.53. The molecule has 0 saturated carbocycles. The maximum atomic E-state index is 10.0. The molecule has 1 nitrogen and oxygen atoms in total. The Labute approximate surface area is 55.8 Å². The fourth-order valence-corrected chi connectivity index (χ4v) is 1.21. The Morgan fingerprint density at radius 3 is 3.00 bits per heavy atom. The van der Waals surface area contributed by atoms with E-state index in [1.54, 1.807) is 0 Å². The van der Waals surface area contributed by atoms with Crippen molar-refractivity contribution in [1.82, 2.24) is 0 Å². The van der Waals surface area contributed by atoms with Gasteiger partial charge in [-0.2, -0.15) is 0 Å². The third-order valence-electron chi connectivity index (χ3n) is 1.81. The summed E-state index contributed by atoms with van der Waals surface area (Å²) in [6.45, 7) is 0. The quantitative estimate of drug-likeness (QED) is 0.406. The Kier molecular flexibility index (Phi) is 2.49. The van der Waals surface area contributed by atoms with Crippen LogP contribution < -0.4 is 0 Å². The first-order chi connectivity index (χ1) is 4.43. The molecule has 0 aromatic rings. The van der Waals surface area contributed by atoms with Crippen LogP contribution in [0.3, 0.4) is 0 Å².